The van der Waals surface area contributed by atoms with Crippen LogP contribution in [0.5, 0.6) is 0 Å². The highest BCUT2D eigenvalue weighted by Gasteiger charge is 2.30. The molecular weight excluding hydrogens is 357 g/mol. The average molecular weight is 379 g/mol. The number of benzene rings is 1. The number of piperidine rings is 1. The number of nitrogens with zero attached hydrogens (tertiary/aromatic N) is 5. The fourth-order valence-corrected chi connectivity index (χ4v) is 3.76. The second-order valence-electron chi connectivity index (χ2n) is 7.11. The minimum atomic E-state index is -0.486. The first-order valence-electron chi connectivity index (χ1n) is 9.39. The molecule has 1 aromatic carbocycles. The molecule has 28 heavy (non-hydrogen) atoms. The minimum Gasteiger partial charge on any atom is -0.338 e. The summed E-state index contributed by atoms with van der Waals surface area (Å²) in [5, 5.41) is 0. The molecule has 1 unspecified atom stereocenters. The molecule has 0 spiro atoms. The Labute approximate surface area is 163 Å². The number of halogens is 1. The predicted octanol–water partition coefficient (Wildman–Crippen LogP) is 3.34. The normalized spacial score (nSPS) is 17.0. The lowest BCUT2D eigenvalue weighted by Gasteiger charge is -2.33. The van der Waals surface area contributed by atoms with Crippen LogP contribution in [0.3, 0.4) is 0 Å². The fourth-order valence-electron chi connectivity index (χ4n) is 3.76. The molecule has 3 heterocycles. The average Bonchev–Trinajstić information content (AvgIpc) is 3.06. The molecule has 1 saturated heterocycles. The number of hydrogen-bond donors (Lipinski definition) is 0. The summed E-state index contributed by atoms with van der Waals surface area (Å²) in [6.07, 6.45) is 6.90. The molecule has 1 fully saturated rings. The first-order valence-corrected chi connectivity index (χ1v) is 9.39. The van der Waals surface area contributed by atoms with Crippen LogP contribution in [-0.4, -0.2) is 43.4 Å². The van der Waals surface area contributed by atoms with Gasteiger partial charge >= 0.3 is 0 Å². The Balaban J connectivity index is 1.63. The number of aromatic nitrogens is 4. The maximum absolute atomic E-state index is 14.1. The molecular formula is C21H22FN5O. The molecule has 0 saturated carbocycles. The number of hydrogen-bond acceptors (Lipinski definition) is 4. The molecule has 2 aromatic heterocycles. The zero-order valence-electron chi connectivity index (χ0n) is 16.0. The van der Waals surface area contributed by atoms with Crippen LogP contribution in [0.15, 0.2) is 42.9 Å². The van der Waals surface area contributed by atoms with Gasteiger partial charge in [-0.2, -0.15) is 0 Å². The molecule has 4 rings (SSSR count). The third-order valence-corrected chi connectivity index (χ3v) is 5.39. The van der Waals surface area contributed by atoms with E-state index in [1.807, 2.05) is 18.5 Å². The largest absolute Gasteiger partial charge is 0.338 e. The van der Waals surface area contributed by atoms with Crippen molar-refractivity contribution in [2.45, 2.75) is 25.7 Å². The Morgan fingerprint density at radius 2 is 1.96 bits per heavy atom. The van der Waals surface area contributed by atoms with Crippen molar-refractivity contribution in [2.24, 2.45) is 7.05 Å². The number of carbonyl (C=O) groups excluding carboxylic acids is 1. The van der Waals surface area contributed by atoms with Crippen LogP contribution >= 0.6 is 0 Å². The van der Waals surface area contributed by atoms with Gasteiger partial charge < -0.3 is 9.47 Å². The molecule has 0 radical (unpaired) electrons. The Hall–Kier alpha value is -3.09. The van der Waals surface area contributed by atoms with E-state index in [0.29, 0.717) is 13.1 Å². The van der Waals surface area contributed by atoms with Gasteiger partial charge in [0.15, 0.2) is 0 Å². The first kappa shape index (κ1) is 18.3. The lowest BCUT2D eigenvalue weighted by Crippen LogP contribution is -2.39. The fraction of sp³-hybridized carbons (Fsp3) is 0.333. The molecule has 1 amide bonds. The third kappa shape index (κ3) is 3.28. The van der Waals surface area contributed by atoms with Crippen molar-refractivity contribution in [2.75, 3.05) is 13.1 Å². The van der Waals surface area contributed by atoms with Gasteiger partial charge in [0.05, 0.1) is 23.1 Å². The van der Waals surface area contributed by atoms with E-state index in [-0.39, 0.29) is 17.4 Å². The molecule has 3 aromatic rings. The summed E-state index contributed by atoms with van der Waals surface area (Å²) in [5.74, 6) is 0.180. The van der Waals surface area contributed by atoms with Crippen LogP contribution < -0.4 is 0 Å². The Bertz CT molecular complexity index is 1020. The van der Waals surface area contributed by atoms with Crippen molar-refractivity contribution >= 4 is 5.91 Å². The number of imidazole rings is 1. The predicted molar refractivity (Wildman–Crippen MR) is 103 cm³/mol. The van der Waals surface area contributed by atoms with Gasteiger partial charge in [0.1, 0.15) is 17.3 Å². The number of likely N-dealkylation sites (tertiary alicyclic amines) is 1. The van der Waals surface area contributed by atoms with Crippen molar-refractivity contribution in [3.63, 3.8) is 0 Å². The van der Waals surface area contributed by atoms with Crippen molar-refractivity contribution in [1.82, 2.24) is 24.4 Å². The zero-order chi connectivity index (χ0) is 19.7. The van der Waals surface area contributed by atoms with Crippen LogP contribution in [0, 0.1) is 12.7 Å². The lowest BCUT2D eigenvalue weighted by atomic mass is 9.92. The van der Waals surface area contributed by atoms with E-state index in [1.54, 1.807) is 35.6 Å². The SMILES string of the molecule is Cc1ncc(-c2nccnc2C2CCCN(C(=O)c3ccccc3F)C2)n1C. The quantitative estimate of drug-likeness (QED) is 0.700. The molecule has 6 nitrogen and oxygen atoms in total. The summed E-state index contributed by atoms with van der Waals surface area (Å²) in [4.78, 5) is 28.1. The lowest BCUT2D eigenvalue weighted by molar-refractivity contribution is 0.0701. The van der Waals surface area contributed by atoms with Crippen LogP contribution in [0.1, 0.15) is 40.6 Å². The van der Waals surface area contributed by atoms with Gasteiger partial charge in [0, 0.05) is 38.4 Å². The number of carbonyl (C=O) groups is 1. The second-order valence-corrected chi connectivity index (χ2v) is 7.11. The number of amides is 1. The highest BCUT2D eigenvalue weighted by Crippen LogP contribution is 2.32. The van der Waals surface area contributed by atoms with Crippen molar-refractivity contribution in [3.8, 4) is 11.4 Å². The van der Waals surface area contributed by atoms with E-state index < -0.39 is 5.82 Å². The van der Waals surface area contributed by atoms with E-state index in [2.05, 4.69) is 15.0 Å². The standard InChI is InChI=1S/C21H22FN5O/c1-14-25-12-18(26(14)2)20-19(23-9-10-24-20)15-6-5-11-27(13-15)21(28)16-7-3-4-8-17(16)22/h3-4,7-10,12,15H,5-6,11,13H2,1-2H3. The first-order chi connectivity index (χ1) is 13.6. The highest BCUT2D eigenvalue weighted by atomic mass is 19.1. The van der Waals surface area contributed by atoms with E-state index in [1.165, 1.54) is 12.1 Å². The third-order valence-electron chi connectivity index (χ3n) is 5.39. The van der Waals surface area contributed by atoms with Crippen LogP contribution in [0.25, 0.3) is 11.4 Å². The van der Waals surface area contributed by atoms with Crippen LogP contribution in [0.4, 0.5) is 4.39 Å². The number of aryl methyl sites for hydroxylation is 1. The van der Waals surface area contributed by atoms with E-state index in [9.17, 15) is 9.18 Å². The highest BCUT2D eigenvalue weighted by molar-refractivity contribution is 5.94. The topological polar surface area (TPSA) is 63.9 Å². The molecule has 1 aliphatic rings. The van der Waals surface area contributed by atoms with Gasteiger partial charge in [-0.25, -0.2) is 9.37 Å². The van der Waals surface area contributed by atoms with Gasteiger partial charge in [-0.3, -0.25) is 14.8 Å². The Morgan fingerprint density at radius 3 is 2.71 bits per heavy atom. The van der Waals surface area contributed by atoms with Crippen LogP contribution in [-0.2, 0) is 7.05 Å². The molecule has 144 valence electrons. The van der Waals surface area contributed by atoms with Crippen molar-refractivity contribution < 1.29 is 9.18 Å². The molecule has 7 heteroatoms. The summed E-state index contributed by atoms with van der Waals surface area (Å²) < 4.78 is 16.1. The van der Waals surface area contributed by atoms with E-state index >= 15 is 0 Å². The number of rotatable bonds is 3. The maximum Gasteiger partial charge on any atom is 0.256 e. The Morgan fingerprint density at radius 1 is 1.18 bits per heavy atom. The van der Waals surface area contributed by atoms with E-state index in [4.69, 9.17) is 0 Å². The molecule has 0 aliphatic carbocycles. The second kappa shape index (κ2) is 7.50. The van der Waals surface area contributed by atoms with Gasteiger partial charge in [-0.1, -0.05) is 12.1 Å². The van der Waals surface area contributed by atoms with Crippen LogP contribution in [0.2, 0.25) is 0 Å². The summed E-state index contributed by atoms with van der Waals surface area (Å²) in [6, 6.07) is 6.13. The summed E-state index contributed by atoms with van der Waals surface area (Å²) in [7, 11) is 1.95. The maximum atomic E-state index is 14.1. The zero-order valence-corrected chi connectivity index (χ0v) is 16.0. The van der Waals surface area contributed by atoms with Gasteiger partial charge in [-0.15, -0.1) is 0 Å². The molecule has 1 aliphatic heterocycles. The summed E-state index contributed by atoms with van der Waals surface area (Å²) in [5.41, 5.74) is 2.66. The molecule has 1 atom stereocenters. The molecule has 0 N–H and O–H groups in total. The van der Waals surface area contributed by atoms with Gasteiger partial charge in [0.25, 0.3) is 5.91 Å². The monoisotopic (exact) mass is 379 g/mol. The smallest absolute Gasteiger partial charge is 0.256 e. The molecule has 0 bridgehead atoms. The van der Waals surface area contributed by atoms with Crippen molar-refractivity contribution in [3.05, 3.63) is 65.8 Å². The summed E-state index contributed by atoms with van der Waals surface area (Å²) in [6.45, 7) is 3.05. The minimum absolute atomic E-state index is 0.0448. The Kier molecular flexibility index (Phi) is 4.90. The van der Waals surface area contributed by atoms with Gasteiger partial charge in [0.2, 0.25) is 0 Å². The van der Waals surface area contributed by atoms with E-state index in [0.717, 1.165) is 35.7 Å². The summed E-state index contributed by atoms with van der Waals surface area (Å²) >= 11 is 0. The van der Waals surface area contributed by atoms with Crippen molar-refractivity contribution in [1.29, 1.82) is 0 Å². The van der Waals surface area contributed by atoms with Gasteiger partial charge in [-0.05, 0) is 31.9 Å².